The van der Waals surface area contributed by atoms with Crippen molar-refractivity contribution >= 4 is 28.2 Å². The number of carbonyl (C=O) groups is 1. The number of halogens is 2. The monoisotopic (exact) mass is 390 g/mol. The largest absolute Gasteiger partial charge is 0.349 e. The van der Waals surface area contributed by atoms with Crippen molar-refractivity contribution in [2.75, 3.05) is 6.26 Å². The molecule has 2 aliphatic rings. The van der Waals surface area contributed by atoms with Crippen molar-refractivity contribution in [1.82, 2.24) is 5.32 Å². The van der Waals surface area contributed by atoms with Crippen LogP contribution in [0.25, 0.3) is 0 Å². The summed E-state index contributed by atoms with van der Waals surface area (Å²) in [5.41, 5.74) is 6.72. The zero-order valence-corrected chi connectivity index (χ0v) is 15.9. The van der Waals surface area contributed by atoms with Crippen molar-refractivity contribution < 1.29 is 17.6 Å². The van der Waals surface area contributed by atoms with Crippen molar-refractivity contribution in [3.05, 3.63) is 29.6 Å². The summed E-state index contributed by atoms with van der Waals surface area (Å²) in [4.78, 5) is 12.2. The first kappa shape index (κ1) is 20.1. The van der Waals surface area contributed by atoms with Gasteiger partial charge in [0.05, 0.1) is 12.0 Å². The molecule has 5 nitrogen and oxygen atoms in total. The fourth-order valence-corrected chi connectivity index (χ4v) is 4.93. The van der Waals surface area contributed by atoms with Crippen molar-refractivity contribution in [2.45, 2.75) is 43.2 Å². The second-order valence-electron chi connectivity index (χ2n) is 7.13. The lowest BCUT2D eigenvalue weighted by atomic mass is 9.84. The van der Waals surface area contributed by atoms with Crippen LogP contribution in [0.3, 0.4) is 0 Å². The normalized spacial score (nSPS) is 29.1. The van der Waals surface area contributed by atoms with Gasteiger partial charge in [-0.2, -0.15) is 0 Å². The van der Waals surface area contributed by atoms with Gasteiger partial charge in [-0.25, -0.2) is 12.8 Å². The van der Waals surface area contributed by atoms with Crippen molar-refractivity contribution in [3.63, 3.8) is 0 Å². The smallest absolute Gasteiger partial charge is 0.225 e. The molecule has 3 rings (SSSR count). The van der Waals surface area contributed by atoms with E-state index in [4.69, 9.17) is 5.73 Å². The van der Waals surface area contributed by atoms with Crippen LogP contribution in [0.15, 0.2) is 23.1 Å². The minimum Gasteiger partial charge on any atom is -0.349 e. The lowest BCUT2D eigenvalue weighted by Gasteiger charge is -2.28. The van der Waals surface area contributed by atoms with E-state index in [1.54, 1.807) is 6.92 Å². The molecule has 0 radical (unpaired) electrons. The van der Waals surface area contributed by atoms with Gasteiger partial charge in [0.1, 0.15) is 10.7 Å². The molecule has 2 bridgehead atoms. The molecule has 25 heavy (non-hydrogen) atoms. The third-order valence-corrected chi connectivity index (χ3v) is 6.63. The van der Waals surface area contributed by atoms with Crippen LogP contribution < -0.4 is 11.1 Å². The van der Waals surface area contributed by atoms with Gasteiger partial charge in [-0.1, -0.05) is 6.07 Å². The Balaban J connectivity index is 0.00000225. The van der Waals surface area contributed by atoms with E-state index in [1.165, 1.54) is 18.2 Å². The Morgan fingerprint density at radius 3 is 2.48 bits per heavy atom. The van der Waals surface area contributed by atoms with Gasteiger partial charge in [0, 0.05) is 12.3 Å². The van der Waals surface area contributed by atoms with E-state index in [-0.39, 0.29) is 35.2 Å². The lowest BCUT2D eigenvalue weighted by Crippen LogP contribution is -2.45. The van der Waals surface area contributed by atoms with E-state index < -0.39 is 21.7 Å². The second-order valence-corrected chi connectivity index (χ2v) is 9.11. The van der Waals surface area contributed by atoms with Crippen LogP contribution >= 0.6 is 12.4 Å². The number of fused-ring (bicyclic) bond motifs is 2. The summed E-state index contributed by atoms with van der Waals surface area (Å²) >= 11 is 0. The number of amides is 1. The molecule has 0 aromatic heterocycles. The van der Waals surface area contributed by atoms with Gasteiger partial charge in [0.2, 0.25) is 5.91 Å². The quantitative estimate of drug-likeness (QED) is 0.824. The molecule has 0 aliphatic heterocycles. The standard InChI is InChI=1S/C17H23FN2O3S.ClH/c1-9(10-5-6-14(13(18)8-10)24(2,22)23)20-17(21)15-11-3-4-12(7-11)16(15)19;/h5-6,8-9,11-12,15-16H,3-4,7,19H2,1-2H3,(H,20,21);1H. The van der Waals surface area contributed by atoms with Crippen LogP contribution in [-0.4, -0.2) is 26.6 Å². The number of nitrogens with one attached hydrogen (secondary N) is 1. The number of nitrogens with two attached hydrogens (primary N) is 1. The third-order valence-electron chi connectivity index (χ3n) is 5.50. The van der Waals surface area contributed by atoms with Crippen LogP contribution in [0.5, 0.6) is 0 Å². The molecular formula is C17H24ClFN2O3S. The first-order valence-corrected chi connectivity index (χ1v) is 10.1. The highest BCUT2D eigenvalue weighted by Gasteiger charge is 2.49. The predicted molar refractivity (Wildman–Crippen MR) is 95.6 cm³/mol. The van der Waals surface area contributed by atoms with Gasteiger partial charge >= 0.3 is 0 Å². The number of hydrogen-bond donors (Lipinski definition) is 2. The average molecular weight is 391 g/mol. The molecule has 0 heterocycles. The van der Waals surface area contributed by atoms with Crippen molar-refractivity contribution in [2.24, 2.45) is 23.5 Å². The van der Waals surface area contributed by atoms with Crippen LogP contribution in [-0.2, 0) is 14.6 Å². The molecule has 2 saturated carbocycles. The Hall–Kier alpha value is -1.18. The molecule has 8 heteroatoms. The van der Waals surface area contributed by atoms with Gasteiger partial charge in [-0.05, 0) is 55.7 Å². The Morgan fingerprint density at radius 1 is 1.32 bits per heavy atom. The molecule has 5 atom stereocenters. The number of rotatable bonds is 4. The molecular weight excluding hydrogens is 367 g/mol. The van der Waals surface area contributed by atoms with Gasteiger partial charge in [0.25, 0.3) is 0 Å². The number of carbonyl (C=O) groups excluding carboxylic acids is 1. The van der Waals surface area contributed by atoms with Crippen molar-refractivity contribution in [1.29, 1.82) is 0 Å². The molecule has 2 fully saturated rings. The topological polar surface area (TPSA) is 89.3 Å². The fourth-order valence-electron chi connectivity index (χ4n) is 4.20. The van der Waals surface area contributed by atoms with E-state index in [9.17, 15) is 17.6 Å². The maximum Gasteiger partial charge on any atom is 0.225 e. The Kier molecular flexibility index (Phi) is 5.81. The predicted octanol–water partition coefficient (Wildman–Crippen LogP) is 2.20. The van der Waals surface area contributed by atoms with Gasteiger partial charge in [-0.15, -0.1) is 12.4 Å². The molecule has 2 aliphatic carbocycles. The average Bonchev–Trinajstić information content (AvgIpc) is 3.06. The molecule has 0 saturated heterocycles. The number of sulfone groups is 1. The van der Waals surface area contributed by atoms with E-state index in [2.05, 4.69) is 5.32 Å². The zero-order valence-electron chi connectivity index (χ0n) is 14.2. The highest BCUT2D eigenvalue weighted by Crippen LogP contribution is 2.47. The number of benzene rings is 1. The molecule has 1 amide bonds. The summed E-state index contributed by atoms with van der Waals surface area (Å²) in [5, 5.41) is 2.90. The summed E-state index contributed by atoms with van der Waals surface area (Å²) in [5.74, 6) is -0.275. The maximum absolute atomic E-state index is 14.0. The summed E-state index contributed by atoms with van der Waals surface area (Å²) in [7, 11) is -3.60. The highest BCUT2D eigenvalue weighted by atomic mass is 35.5. The van der Waals surface area contributed by atoms with Gasteiger partial charge in [-0.3, -0.25) is 4.79 Å². The minimum atomic E-state index is -3.60. The Bertz CT molecular complexity index is 769. The molecule has 1 aromatic carbocycles. The Labute approximate surface area is 153 Å². The third kappa shape index (κ3) is 3.83. The first-order chi connectivity index (χ1) is 11.2. The molecule has 1 aromatic rings. The molecule has 5 unspecified atom stereocenters. The number of hydrogen-bond acceptors (Lipinski definition) is 4. The van der Waals surface area contributed by atoms with Crippen LogP contribution in [0.1, 0.15) is 37.8 Å². The summed E-state index contributed by atoms with van der Waals surface area (Å²) in [6.07, 6.45) is 4.13. The highest BCUT2D eigenvalue weighted by molar-refractivity contribution is 7.90. The van der Waals surface area contributed by atoms with Crippen LogP contribution in [0.4, 0.5) is 4.39 Å². The summed E-state index contributed by atoms with van der Waals surface area (Å²) in [6, 6.07) is 3.44. The van der Waals surface area contributed by atoms with E-state index in [1.807, 2.05) is 0 Å². The molecule has 0 spiro atoms. The summed E-state index contributed by atoms with van der Waals surface area (Å²) in [6.45, 7) is 1.76. The summed E-state index contributed by atoms with van der Waals surface area (Å²) < 4.78 is 37.0. The Morgan fingerprint density at radius 2 is 1.96 bits per heavy atom. The van der Waals surface area contributed by atoms with E-state index in [0.717, 1.165) is 25.5 Å². The van der Waals surface area contributed by atoms with E-state index in [0.29, 0.717) is 17.4 Å². The maximum atomic E-state index is 14.0. The second kappa shape index (κ2) is 7.21. The first-order valence-electron chi connectivity index (χ1n) is 8.24. The molecule has 3 N–H and O–H groups in total. The van der Waals surface area contributed by atoms with Crippen LogP contribution in [0.2, 0.25) is 0 Å². The van der Waals surface area contributed by atoms with E-state index >= 15 is 0 Å². The fraction of sp³-hybridized carbons (Fsp3) is 0.588. The van der Waals surface area contributed by atoms with Gasteiger partial charge < -0.3 is 11.1 Å². The minimum absolute atomic E-state index is 0. The SMILES string of the molecule is CC(NC(=O)C1C2CCC(C2)C1N)c1ccc(S(C)(=O)=O)c(F)c1.Cl. The van der Waals surface area contributed by atoms with Crippen LogP contribution in [0, 0.1) is 23.6 Å². The van der Waals surface area contributed by atoms with Gasteiger partial charge in [0.15, 0.2) is 9.84 Å². The van der Waals surface area contributed by atoms with Crippen molar-refractivity contribution in [3.8, 4) is 0 Å². The molecule has 140 valence electrons. The lowest BCUT2D eigenvalue weighted by molar-refractivity contribution is -0.127. The zero-order chi connectivity index (χ0) is 17.6.